The lowest BCUT2D eigenvalue weighted by atomic mass is 10.1. The van der Waals surface area contributed by atoms with E-state index in [4.69, 9.17) is 5.21 Å². The molecule has 0 aliphatic rings. The Morgan fingerprint density at radius 3 is 2.53 bits per heavy atom. The maximum Gasteiger partial charge on any atom is 0.135 e. The topological polar surface area (TPSA) is 58.4 Å². The molecule has 74 valence electrons. The van der Waals surface area contributed by atoms with Crippen LogP contribution in [0.25, 0.3) is 0 Å². The number of oxime groups is 1. The third-order valence-electron chi connectivity index (χ3n) is 1.97. The van der Waals surface area contributed by atoms with E-state index in [0.29, 0.717) is 11.4 Å². The Kier molecular flexibility index (Phi) is 2.69. The number of rotatable bonds is 2. The molecule has 0 aliphatic heterocycles. The Balaban J connectivity index is 2.44. The first-order valence-electron chi connectivity index (χ1n) is 4.45. The van der Waals surface area contributed by atoms with Gasteiger partial charge >= 0.3 is 0 Å². The van der Waals surface area contributed by atoms with Gasteiger partial charge in [-0.05, 0) is 6.07 Å². The van der Waals surface area contributed by atoms with Gasteiger partial charge in [-0.25, -0.2) is 9.97 Å². The van der Waals surface area contributed by atoms with Crippen molar-refractivity contribution in [1.82, 2.24) is 9.97 Å². The van der Waals surface area contributed by atoms with E-state index in [1.165, 1.54) is 6.33 Å². The molecule has 4 nitrogen and oxygen atoms in total. The van der Waals surface area contributed by atoms with Gasteiger partial charge in [-0.3, -0.25) is 0 Å². The zero-order valence-corrected chi connectivity index (χ0v) is 7.91. The van der Waals surface area contributed by atoms with Crippen molar-refractivity contribution in [2.75, 3.05) is 0 Å². The van der Waals surface area contributed by atoms with E-state index < -0.39 is 0 Å². The van der Waals surface area contributed by atoms with Gasteiger partial charge < -0.3 is 5.21 Å². The van der Waals surface area contributed by atoms with Gasteiger partial charge in [0, 0.05) is 11.8 Å². The Labute approximate surface area is 86.9 Å². The molecule has 0 bridgehead atoms. The molecular weight excluding hydrogens is 190 g/mol. The smallest absolute Gasteiger partial charge is 0.135 e. The van der Waals surface area contributed by atoms with Crippen molar-refractivity contribution in [3.05, 3.63) is 60.2 Å². The highest BCUT2D eigenvalue weighted by Crippen LogP contribution is 2.07. The first-order valence-corrected chi connectivity index (χ1v) is 4.45. The number of hydrogen-bond donors (Lipinski definition) is 1. The molecule has 1 aromatic carbocycles. The van der Waals surface area contributed by atoms with Crippen molar-refractivity contribution in [2.45, 2.75) is 0 Å². The Hall–Kier alpha value is -2.23. The minimum absolute atomic E-state index is 0.443. The fourth-order valence-corrected chi connectivity index (χ4v) is 1.28. The average molecular weight is 199 g/mol. The molecule has 0 fully saturated rings. The van der Waals surface area contributed by atoms with Crippen LogP contribution in [0.5, 0.6) is 0 Å². The van der Waals surface area contributed by atoms with Crippen LogP contribution in [0.2, 0.25) is 0 Å². The first-order chi connectivity index (χ1) is 7.42. The van der Waals surface area contributed by atoms with Gasteiger partial charge in [0.1, 0.15) is 12.0 Å². The van der Waals surface area contributed by atoms with E-state index in [9.17, 15) is 0 Å². The van der Waals surface area contributed by atoms with Gasteiger partial charge in [0.05, 0.1) is 5.69 Å². The van der Waals surface area contributed by atoms with E-state index in [2.05, 4.69) is 15.1 Å². The molecule has 1 heterocycles. The molecule has 0 atom stereocenters. The van der Waals surface area contributed by atoms with Crippen molar-refractivity contribution in [3.63, 3.8) is 0 Å². The maximum atomic E-state index is 8.96. The highest BCUT2D eigenvalue weighted by Gasteiger charge is 2.07. The normalized spacial score (nSPS) is 11.3. The molecule has 0 unspecified atom stereocenters. The molecule has 1 N–H and O–H groups in total. The third kappa shape index (κ3) is 1.99. The minimum atomic E-state index is 0.443. The van der Waals surface area contributed by atoms with Crippen LogP contribution in [0.15, 0.2) is 54.1 Å². The van der Waals surface area contributed by atoms with Gasteiger partial charge in [-0.1, -0.05) is 35.5 Å². The molecule has 2 aromatic rings. The molecule has 0 aliphatic carbocycles. The van der Waals surface area contributed by atoms with E-state index in [1.807, 2.05) is 30.3 Å². The number of hydrogen-bond acceptors (Lipinski definition) is 4. The standard InChI is InChI=1S/C11H9N3O/c15-14-11(9-4-2-1-3-5-9)10-6-7-12-8-13-10/h1-8,15H. The second kappa shape index (κ2) is 4.32. The number of nitrogens with zero attached hydrogens (tertiary/aromatic N) is 3. The molecule has 0 saturated heterocycles. The largest absolute Gasteiger partial charge is 0.410 e. The van der Waals surface area contributed by atoms with Crippen LogP contribution in [0.3, 0.4) is 0 Å². The first kappa shape index (κ1) is 9.33. The van der Waals surface area contributed by atoms with Crippen LogP contribution in [0.1, 0.15) is 11.3 Å². The summed E-state index contributed by atoms with van der Waals surface area (Å²) in [5, 5.41) is 12.2. The van der Waals surface area contributed by atoms with Crippen molar-refractivity contribution < 1.29 is 5.21 Å². The summed E-state index contributed by atoms with van der Waals surface area (Å²) in [6.07, 6.45) is 3.03. The summed E-state index contributed by atoms with van der Waals surface area (Å²) >= 11 is 0. The molecule has 0 amide bonds. The summed E-state index contributed by atoms with van der Waals surface area (Å²) in [7, 11) is 0. The summed E-state index contributed by atoms with van der Waals surface area (Å²) in [6.45, 7) is 0. The Morgan fingerprint density at radius 2 is 1.93 bits per heavy atom. The number of benzene rings is 1. The SMILES string of the molecule is ON=C(c1ccccc1)c1ccncn1. The van der Waals surface area contributed by atoms with Crippen LogP contribution in [0.4, 0.5) is 0 Å². The Bertz CT molecular complexity index is 412. The van der Waals surface area contributed by atoms with E-state index in [1.54, 1.807) is 12.3 Å². The number of aromatic nitrogens is 2. The molecule has 15 heavy (non-hydrogen) atoms. The fraction of sp³-hybridized carbons (Fsp3) is 0. The average Bonchev–Trinajstić information content (AvgIpc) is 2.33. The molecule has 2 rings (SSSR count). The molecule has 1 aromatic heterocycles. The van der Waals surface area contributed by atoms with Crippen molar-refractivity contribution in [1.29, 1.82) is 0 Å². The predicted molar refractivity (Wildman–Crippen MR) is 55.9 cm³/mol. The lowest BCUT2D eigenvalue weighted by Crippen LogP contribution is -2.05. The summed E-state index contributed by atoms with van der Waals surface area (Å²) in [5.41, 5.74) is 1.86. The van der Waals surface area contributed by atoms with Gasteiger partial charge in [0.15, 0.2) is 0 Å². The van der Waals surface area contributed by atoms with E-state index >= 15 is 0 Å². The monoisotopic (exact) mass is 199 g/mol. The van der Waals surface area contributed by atoms with Crippen LogP contribution in [-0.2, 0) is 0 Å². The highest BCUT2D eigenvalue weighted by atomic mass is 16.4. The summed E-state index contributed by atoms with van der Waals surface area (Å²) < 4.78 is 0. The molecule has 0 saturated carbocycles. The van der Waals surface area contributed by atoms with Crippen molar-refractivity contribution in [3.8, 4) is 0 Å². The second-order valence-electron chi connectivity index (χ2n) is 2.91. The fourth-order valence-electron chi connectivity index (χ4n) is 1.28. The quantitative estimate of drug-likeness (QED) is 0.455. The van der Waals surface area contributed by atoms with Gasteiger partial charge in [-0.15, -0.1) is 0 Å². The molecule has 0 spiro atoms. The second-order valence-corrected chi connectivity index (χ2v) is 2.91. The molecular formula is C11H9N3O. The summed E-state index contributed by atoms with van der Waals surface area (Å²) in [4.78, 5) is 7.83. The minimum Gasteiger partial charge on any atom is -0.410 e. The third-order valence-corrected chi connectivity index (χ3v) is 1.97. The summed E-state index contributed by atoms with van der Waals surface area (Å²) in [5.74, 6) is 0. The van der Waals surface area contributed by atoms with Crippen LogP contribution in [0, 0.1) is 0 Å². The Morgan fingerprint density at radius 1 is 1.13 bits per heavy atom. The van der Waals surface area contributed by atoms with Crippen molar-refractivity contribution >= 4 is 5.71 Å². The lowest BCUT2D eigenvalue weighted by molar-refractivity contribution is 0.319. The highest BCUT2D eigenvalue weighted by molar-refractivity contribution is 6.11. The zero-order chi connectivity index (χ0) is 10.5. The van der Waals surface area contributed by atoms with Gasteiger partial charge in [0.2, 0.25) is 0 Å². The zero-order valence-electron chi connectivity index (χ0n) is 7.91. The van der Waals surface area contributed by atoms with E-state index in [-0.39, 0.29) is 0 Å². The van der Waals surface area contributed by atoms with Crippen molar-refractivity contribution in [2.24, 2.45) is 5.16 Å². The van der Waals surface area contributed by atoms with Crippen LogP contribution >= 0.6 is 0 Å². The predicted octanol–water partition coefficient (Wildman–Crippen LogP) is 1.70. The van der Waals surface area contributed by atoms with E-state index in [0.717, 1.165) is 5.56 Å². The van der Waals surface area contributed by atoms with Gasteiger partial charge in [0.25, 0.3) is 0 Å². The molecule has 4 heteroatoms. The van der Waals surface area contributed by atoms with Gasteiger partial charge in [-0.2, -0.15) is 0 Å². The summed E-state index contributed by atoms with van der Waals surface area (Å²) in [6, 6.07) is 11.1. The lowest BCUT2D eigenvalue weighted by Gasteiger charge is -2.02. The van der Waals surface area contributed by atoms with Crippen LogP contribution < -0.4 is 0 Å². The maximum absolute atomic E-state index is 8.96. The van der Waals surface area contributed by atoms with Crippen LogP contribution in [-0.4, -0.2) is 20.9 Å². The molecule has 0 radical (unpaired) electrons.